The molecule has 0 aromatic heterocycles. The molecule has 2 aromatic carbocycles. The number of benzene rings is 2. The molecule has 4 rings (SSSR count). The van der Waals surface area contributed by atoms with Gasteiger partial charge < -0.3 is 44.2 Å². The molecule has 49 heavy (non-hydrogen) atoms. The van der Waals surface area contributed by atoms with Crippen molar-refractivity contribution in [3.63, 3.8) is 0 Å². The summed E-state index contributed by atoms with van der Waals surface area (Å²) in [5.74, 6) is -6.22. The third-order valence-electron chi connectivity index (χ3n) is 7.62. The first-order chi connectivity index (χ1) is 23.2. The average molecular weight is 685 g/mol. The number of ether oxygens (including phenoxy) is 6. The number of carboxylic acids is 1. The van der Waals surface area contributed by atoms with Crippen LogP contribution in [0.5, 0.6) is 0 Å². The van der Waals surface area contributed by atoms with E-state index in [1.807, 2.05) is 48.5 Å². The monoisotopic (exact) mass is 684 g/mol. The number of carboxylic acid groups (broad SMARTS) is 1. The van der Waals surface area contributed by atoms with Gasteiger partial charge in [0, 0.05) is 33.6 Å². The number of aliphatic carboxylic acids is 1. The van der Waals surface area contributed by atoms with E-state index >= 15 is 0 Å². The van der Waals surface area contributed by atoms with E-state index in [0.717, 1.165) is 49.9 Å². The quantitative estimate of drug-likeness (QED) is 0.214. The zero-order chi connectivity index (χ0) is 35.8. The highest BCUT2D eigenvalue weighted by atomic mass is 16.7. The molecule has 6 atom stereocenters. The first-order valence-corrected chi connectivity index (χ1v) is 15.2. The first-order valence-electron chi connectivity index (χ1n) is 15.2. The maximum Gasteiger partial charge on any atom is 0.407 e. The van der Waals surface area contributed by atoms with E-state index in [1.54, 1.807) is 0 Å². The van der Waals surface area contributed by atoms with E-state index < -0.39 is 91.6 Å². The molecule has 1 aliphatic carbocycles. The summed E-state index contributed by atoms with van der Waals surface area (Å²) in [6.45, 7) is 3.57. The molecule has 16 nitrogen and oxygen atoms in total. The number of fused-ring (bicyclic) bond motifs is 3. The molecule has 1 saturated heterocycles. The number of esters is 4. The van der Waals surface area contributed by atoms with Gasteiger partial charge in [-0.25, -0.2) is 9.59 Å². The second-order valence-corrected chi connectivity index (χ2v) is 11.3. The Morgan fingerprint density at radius 3 is 1.78 bits per heavy atom. The zero-order valence-electron chi connectivity index (χ0n) is 27.0. The van der Waals surface area contributed by atoms with Crippen molar-refractivity contribution in [1.82, 2.24) is 10.6 Å². The summed E-state index contributed by atoms with van der Waals surface area (Å²) >= 11 is 0. The van der Waals surface area contributed by atoms with Crippen LogP contribution in [0.3, 0.4) is 0 Å². The van der Waals surface area contributed by atoms with Crippen LogP contribution in [0, 0.1) is 0 Å². The lowest BCUT2D eigenvalue weighted by Crippen LogP contribution is -2.66. The summed E-state index contributed by atoms with van der Waals surface area (Å²) in [5, 5.41) is 14.3. The Morgan fingerprint density at radius 1 is 0.714 bits per heavy atom. The summed E-state index contributed by atoms with van der Waals surface area (Å²) in [6, 6.07) is 13.5. The van der Waals surface area contributed by atoms with Crippen molar-refractivity contribution in [2.24, 2.45) is 0 Å². The minimum Gasteiger partial charge on any atom is -0.480 e. The average Bonchev–Trinajstić information content (AvgIpc) is 3.34. The van der Waals surface area contributed by atoms with Gasteiger partial charge in [-0.1, -0.05) is 48.5 Å². The van der Waals surface area contributed by atoms with E-state index in [4.69, 9.17) is 28.4 Å². The van der Waals surface area contributed by atoms with E-state index in [2.05, 4.69) is 10.6 Å². The van der Waals surface area contributed by atoms with Crippen LogP contribution < -0.4 is 10.6 Å². The summed E-state index contributed by atoms with van der Waals surface area (Å²) in [4.78, 5) is 85.5. The largest absolute Gasteiger partial charge is 0.480 e. The summed E-state index contributed by atoms with van der Waals surface area (Å²) < 4.78 is 32.1. The second-order valence-electron chi connectivity index (χ2n) is 11.3. The lowest BCUT2D eigenvalue weighted by molar-refractivity contribution is -0.257. The van der Waals surface area contributed by atoms with Gasteiger partial charge in [-0.15, -0.1) is 0 Å². The standard InChI is InChI=1S/C33H36N2O14/c1-16(36)44-15-26-28(46-17(2)37)29(47-18(3)38)30(48-19(4)39)31(49-26)35-27(40)13-25(32(41)42)34-33(43)45-14-24-22-11-7-5-9-20(22)21-10-6-8-12-23(21)24/h5-12,24-26,28-31H,13-15H2,1-4H3,(H,34,43)(H,35,40)(H,41,42)/t25?,26?,28-,29+,30?,31-/m1/s1. The van der Waals surface area contributed by atoms with Crippen LogP contribution in [0.1, 0.15) is 51.2 Å². The van der Waals surface area contributed by atoms with Gasteiger partial charge in [0.15, 0.2) is 24.5 Å². The van der Waals surface area contributed by atoms with E-state index in [9.17, 15) is 38.7 Å². The number of nitrogens with one attached hydrogen (secondary N) is 2. The third-order valence-corrected chi connectivity index (χ3v) is 7.62. The number of hydrogen-bond donors (Lipinski definition) is 3. The Kier molecular flexibility index (Phi) is 11.9. The van der Waals surface area contributed by atoms with Crippen LogP contribution in [-0.2, 0) is 57.2 Å². The summed E-state index contributed by atoms with van der Waals surface area (Å²) in [5.41, 5.74) is 3.87. The van der Waals surface area contributed by atoms with Gasteiger partial charge in [-0.05, 0) is 22.3 Å². The molecule has 262 valence electrons. The first kappa shape index (κ1) is 36.3. The second kappa shape index (κ2) is 16.1. The molecule has 3 N–H and O–H groups in total. The molecular formula is C33H36N2O14. The van der Waals surface area contributed by atoms with Gasteiger partial charge in [0.05, 0.1) is 6.42 Å². The lowest BCUT2D eigenvalue weighted by atomic mass is 9.97. The van der Waals surface area contributed by atoms with Gasteiger partial charge in [0.25, 0.3) is 0 Å². The Hall–Kier alpha value is -5.51. The Bertz CT molecular complexity index is 1560. The highest BCUT2D eigenvalue weighted by molar-refractivity contribution is 5.87. The molecule has 0 spiro atoms. The zero-order valence-corrected chi connectivity index (χ0v) is 27.0. The van der Waals surface area contributed by atoms with Crippen molar-refractivity contribution in [1.29, 1.82) is 0 Å². The highest BCUT2D eigenvalue weighted by Gasteiger charge is 2.52. The number of carbonyl (C=O) groups excluding carboxylic acids is 6. The van der Waals surface area contributed by atoms with Crippen LogP contribution in [0.25, 0.3) is 11.1 Å². The van der Waals surface area contributed by atoms with Crippen LogP contribution in [0.15, 0.2) is 48.5 Å². The Labute approximate surface area is 280 Å². The topological polar surface area (TPSA) is 219 Å². The fourth-order valence-corrected chi connectivity index (χ4v) is 5.73. The number of rotatable bonds is 12. The van der Waals surface area contributed by atoms with E-state index in [1.165, 1.54) is 0 Å². The molecule has 1 fully saturated rings. The van der Waals surface area contributed by atoms with E-state index in [0.29, 0.717) is 0 Å². The van der Waals surface area contributed by atoms with Crippen LogP contribution >= 0.6 is 0 Å². The lowest BCUT2D eigenvalue weighted by Gasteiger charge is -2.44. The van der Waals surface area contributed by atoms with Crippen molar-refractivity contribution in [3.8, 4) is 11.1 Å². The fourth-order valence-electron chi connectivity index (χ4n) is 5.73. The summed E-state index contributed by atoms with van der Waals surface area (Å²) in [7, 11) is 0. The predicted octanol–water partition coefficient (Wildman–Crippen LogP) is 1.57. The van der Waals surface area contributed by atoms with Crippen LogP contribution in [0.2, 0.25) is 0 Å². The molecule has 2 amide bonds. The van der Waals surface area contributed by atoms with Gasteiger partial charge in [-0.2, -0.15) is 0 Å². The van der Waals surface area contributed by atoms with Gasteiger partial charge in [-0.3, -0.25) is 24.0 Å². The normalized spacial score (nSPS) is 21.5. The van der Waals surface area contributed by atoms with Crippen molar-refractivity contribution < 1.29 is 67.1 Å². The van der Waals surface area contributed by atoms with Crippen molar-refractivity contribution >= 4 is 41.8 Å². The molecule has 0 radical (unpaired) electrons. The minimum absolute atomic E-state index is 0.108. The third kappa shape index (κ3) is 9.31. The number of amides is 2. The Morgan fingerprint density at radius 2 is 1.24 bits per heavy atom. The van der Waals surface area contributed by atoms with Crippen LogP contribution in [0.4, 0.5) is 4.79 Å². The minimum atomic E-state index is -1.78. The predicted molar refractivity (Wildman–Crippen MR) is 164 cm³/mol. The van der Waals surface area contributed by atoms with Gasteiger partial charge in [0.2, 0.25) is 5.91 Å². The molecule has 1 aliphatic heterocycles. The van der Waals surface area contributed by atoms with Crippen molar-refractivity contribution in [3.05, 3.63) is 59.7 Å². The highest BCUT2D eigenvalue weighted by Crippen LogP contribution is 2.44. The fraction of sp³-hybridized carbons (Fsp3) is 0.424. The molecular weight excluding hydrogens is 648 g/mol. The number of hydrogen-bond acceptors (Lipinski definition) is 13. The van der Waals surface area contributed by atoms with E-state index in [-0.39, 0.29) is 12.5 Å². The SMILES string of the molecule is CC(=O)OCC1O[C@@H](NC(=O)CC(NC(=O)OCC2c3ccccc3-c3ccccc32)C(=O)O)C(OC(C)=O)[C@@H](OC(C)=O)[C@@H]1OC(C)=O. The number of alkyl carbamates (subject to hydrolysis) is 1. The smallest absolute Gasteiger partial charge is 0.407 e. The maximum atomic E-state index is 13.2. The molecule has 2 aromatic rings. The molecule has 1 heterocycles. The molecule has 2 aliphatic rings. The maximum absolute atomic E-state index is 13.2. The van der Waals surface area contributed by atoms with Gasteiger partial charge in [0.1, 0.15) is 25.4 Å². The van der Waals surface area contributed by atoms with Gasteiger partial charge >= 0.3 is 35.9 Å². The Balaban J connectivity index is 1.46. The molecule has 3 unspecified atom stereocenters. The number of carbonyl (C=O) groups is 7. The molecule has 0 bridgehead atoms. The molecule has 0 saturated carbocycles. The van der Waals surface area contributed by atoms with Crippen molar-refractivity contribution in [2.75, 3.05) is 13.2 Å². The van der Waals surface area contributed by atoms with Crippen LogP contribution in [-0.4, -0.2) is 96.9 Å². The molecule has 16 heteroatoms. The summed E-state index contributed by atoms with van der Waals surface area (Å²) in [6.07, 6.45) is -9.53. The van der Waals surface area contributed by atoms with Crippen molar-refractivity contribution in [2.45, 2.75) is 76.7 Å².